The molecule has 5 heteroatoms. The van der Waals surface area contributed by atoms with Crippen molar-refractivity contribution in [3.63, 3.8) is 0 Å². The molecule has 2 atom stereocenters. The Labute approximate surface area is 124 Å². The van der Waals surface area contributed by atoms with Gasteiger partial charge in [-0.3, -0.25) is 4.90 Å². The van der Waals surface area contributed by atoms with Gasteiger partial charge in [0.1, 0.15) is 18.1 Å². The van der Waals surface area contributed by atoms with Gasteiger partial charge in [-0.1, -0.05) is 18.0 Å². The fourth-order valence-corrected chi connectivity index (χ4v) is 3.09. The topological polar surface area (TPSA) is 62.6 Å². The van der Waals surface area contributed by atoms with Gasteiger partial charge in [-0.2, -0.15) is 0 Å². The van der Waals surface area contributed by atoms with Gasteiger partial charge in [0.25, 0.3) is 0 Å². The van der Waals surface area contributed by atoms with E-state index in [1.165, 1.54) is 19.3 Å². The molecule has 0 radical (unpaired) electrons. The average molecular weight is 290 g/mol. The maximum absolute atomic E-state index is 10.3. The molecule has 21 heavy (non-hydrogen) atoms. The van der Waals surface area contributed by atoms with Crippen molar-refractivity contribution in [1.82, 2.24) is 10.1 Å². The van der Waals surface area contributed by atoms with Crippen LogP contribution in [0.3, 0.4) is 0 Å². The zero-order valence-corrected chi connectivity index (χ0v) is 12.1. The molecule has 1 N–H and O–H groups in total. The van der Waals surface area contributed by atoms with E-state index in [1.54, 1.807) is 12.5 Å². The summed E-state index contributed by atoms with van der Waals surface area (Å²) in [6.45, 7) is 1.83. The van der Waals surface area contributed by atoms with E-state index in [0.29, 0.717) is 18.2 Å². The molecule has 5 nitrogen and oxygen atoms in total. The first-order valence-electron chi connectivity index (χ1n) is 7.67. The molecule has 0 saturated carbocycles. The standard InChI is InChI=1S/C16H22N2O3/c19-15(16-6-4-9-20-16)11-14-5-2-1-3-8-18(14)12-13-7-10-21-17-13/h4,6-7,9-10,14-15,19H,1-3,5,8,11-12H2/t14-,15-/m1/s1. The summed E-state index contributed by atoms with van der Waals surface area (Å²) in [7, 11) is 0. The monoisotopic (exact) mass is 290 g/mol. The summed E-state index contributed by atoms with van der Waals surface area (Å²) in [5.74, 6) is 0.653. The van der Waals surface area contributed by atoms with Crippen LogP contribution in [0, 0.1) is 0 Å². The number of aromatic nitrogens is 1. The van der Waals surface area contributed by atoms with Gasteiger partial charge in [0.2, 0.25) is 0 Å². The van der Waals surface area contributed by atoms with Gasteiger partial charge < -0.3 is 14.0 Å². The lowest BCUT2D eigenvalue weighted by molar-refractivity contribution is 0.0820. The fourth-order valence-electron chi connectivity index (χ4n) is 3.09. The van der Waals surface area contributed by atoms with E-state index in [1.807, 2.05) is 18.2 Å². The summed E-state index contributed by atoms with van der Waals surface area (Å²) in [5, 5.41) is 14.3. The summed E-state index contributed by atoms with van der Waals surface area (Å²) in [6.07, 6.45) is 8.15. The smallest absolute Gasteiger partial charge is 0.132 e. The van der Waals surface area contributed by atoms with Crippen LogP contribution in [0.15, 0.2) is 39.7 Å². The van der Waals surface area contributed by atoms with Gasteiger partial charge in [0.05, 0.1) is 12.0 Å². The lowest BCUT2D eigenvalue weighted by atomic mass is 10.0. The van der Waals surface area contributed by atoms with Crippen LogP contribution in [-0.4, -0.2) is 27.7 Å². The summed E-state index contributed by atoms with van der Waals surface area (Å²) >= 11 is 0. The van der Waals surface area contributed by atoms with Gasteiger partial charge in [-0.05, 0) is 37.9 Å². The molecule has 1 saturated heterocycles. The molecule has 2 aromatic heterocycles. The molecular weight excluding hydrogens is 268 g/mol. The quantitative estimate of drug-likeness (QED) is 0.916. The fraction of sp³-hybridized carbons (Fsp3) is 0.562. The van der Waals surface area contributed by atoms with Crippen LogP contribution in [0.2, 0.25) is 0 Å². The van der Waals surface area contributed by atoms with Crippen molar-refractivity contribution in [3.05, 3.63) is 42.2 Å². The molecule has 0 aromatic carbocycles. The summed E-state index contributed by atoms with van der Waals surface area (Å²) in [6, 6.07) is 5.91. The SMILES string of the molecule is O[C@H](C[C@H]1CCCCCN1Cc1ccon1)c1ccco1. The van der Waals surface area contributed by atoms with Crippen molar-refractivity contribution < 1.29 is 14.0 Å². The molecule has 0 unspecified atom stereocenters. The van der Waals surface area contributed by atoms with Crippen LogP contribution < -0.4 is 0 Å². The Balaban J connectivity index is 1.66. The van der Waals surface area contributed by atoms with Crippen LogP contribution in [0.1, 0.15) is 49.7 Å². The van der Waals surface area contributed by atoms with Crippen LogP contribution in [0.5, 0.6) is 0 Å². The maximum Gasteiger partial charge on any atom is 0.132 e. The largest absolute Gasteiger partial charge is 0.467 e. The number of aliphatic hydroxyl groups is 1. The molecule has 114 valence electrons. The van der Waals surface area contributed by atoms with Crippen LogP contribution >= 0.6 is 0 Å². The summed E-state index contributed by atoms with van der Waals surface area (Å²) < 4.78 is 10.2. The number of furan rings is 1. The number of aliphatic hydroxyl groups excluding tert-OH is 1. The van der Waals surface area contributed by atoms with Gasteiger partial charge in [-0.15, -0.1) is 0 Å². The number of nitrogens with zero attached hydrogens (tertiary/aromatic N) is 2. The Morgan fingerprint density at radius 3 is 3.00 bits per heavy atom. The Morgan fingerprint density at radius 2 is 2.24 bits per heavy atom. The van der Waals surface area contributed by atoms with Crippen LogP contribution in [-0.2, 0) is 6.54 Å². The van der Waals surface area contributed by atoms with Crippen LogP contribution in [0.25, 0.3) is 0 Å². The molecule has 3 rings (SSSR count). The average Bonchev–Trinajstić information content (AvgIpc) is 3.14. The molecule has 3 heterocycles. The van der Waals surface area contributed by atoms with E-state index in [2.05, 4.69) is 10.1 Å². The van der Waals surface area contributed by atoms with Gasteiger partial charge in [0, 0.05) is 18.7 Å². The predicted molar refractivity (Wildman–Crippen MR) is 77.5 cm³/mol. The highest BCUT2D eigenvalue weighted by Gasteiger charge is 2.25. The minimum absolute atomic E-state index is 0.351. The first kappa shape index (κ1) is 14.4. The van der Waals surface area contributed by atoms with Crippen molar-refractivity contribution in [2.45, 2.75) is 50.8 Å². The van der Waals surface area contributed by atoms with Gasteiger partial charge >= 0.3 is 0 Å². The van der Waals surface area contributed by atoms with E-state index < -0.39 is 6.10 Å². The van der Waals surface area contributed by atoms with E-state index in [-0.39, 0.29) is 0 Å². The maximum atomic E-state index is 10.3. The molecule has 1 aliphatic heterocycles. The molecule has 0 spiro atoms. The van der Waals surface area contributed by atoms with E-state index in [4.69, 9.17) is 8.94 Å². The third kappa shape index (κ3) is 3.74. The Bertz CT molecular complexity index is 510. The zero-order chi connectivity index (χ0) is 14.5. The summed E-state index contributed by atoms with van der Waals surface area (Å²) in [5.41, 5.74) is 0.953. The highest BCUT2D eigenvalue weighted by molar-refractivity contribution is 5.03. The number of rotatable bonds is 5. The zero-order valence-electron chi connectivity index (χ0n) is 12.1. The number of likely N-dealkylation sites (tertiary alicyclic amines) is 1. The van der Waals surface area contributed by atoms with Gasteiger partial charge in [0.15, 0.2) is 0 Å². The third-order valence-corrected chi connectivity index (χ3v) is 4.22. The second-order valence-corrected chi connectivity index (χ2v) is 5.73. The normalized spacial score (nSPS) is 22.0. The molecular formula is C16H22N2O3. The van der Waals surface area contributed by atoms with E-state index in [9.17, 15) is 5.11 Å². The third-order valence-electron chi connectivity index (χ3n) is 4.22. The lowest BCUT2D eigenvalue weighted by Crippen LogP contribution is -2.35. The van der Waals surface area contributed by atoms with Crippen molar-refractivity contribution in [1.29, 1.82) is 0 Å². The Hall–Kier alpha value is -1.59. The molecule has 0 bridgehead atoms. The molecule has 1 aliphatic rings. The minimum Gasteiger partial charge on any atom is -0.467 e. The van der Waals surface area contributed by atoms with Gasteiger partial charge in [-0.25, -0.2) is 0 Å². The number of hydrogen-bond donors (Lipinski definition) is 1. The Morgan fingerprint density at radius 1 is 1.29 bits per heavy atom. The first-order chi connectivity index (χ1) is 10.3. The predicted octanol–water partition coefficient (Wildman–Crippen LogP) is 3.14. The lowest BCUT2D eigenvalue weighted by Gasteiger charge is -2.30. The van der Waals surface area contributed by atoms with Crippen molar-refractivity contribution in [3.8, 4) is 0 Å². The van der Waals surface area contributed by atoms with E-state index in [0.717, 1.165) is 25.2 Å². The van der Waals surface area contributed by atoms with E-state index >= 15 is 0 Å². The molecule has 0 amide bonds. The molecule has 1 fully saturated rings. The number of hydrogen-bond acceptors (Lipinski definition) is 5. The van der Waals surface area contributed by atoms with Crippen molar-refractivity contribution >= 4 is 0 Å². The first-order valence-corrected chi connectivity index (χ1v) is 7.67. The second kappa shape index (κ2) is 6.91. The van der Waals surface area contributed by atoms with Crippen LogP contribution in [0.4, 0.5) is 0 Å². The highest BCUT2D eigenvalue weighted by atomic mass is 16.5. The van der Waals surface area contributed by atoms with Crippen molar-refractivity contribution in [2.75, 3.05) is 6.54 Å². The molecule has 2 aromatic rings. The van der Waals surface area contributed by atoms with Crippen molar-refractivity contribution in [2.24, 2.45) is 0 Å². The Kier molecular flexibility index (Phi) is 4.72. The second-order valence-electron chi connectivity index (χ2n) is 5.73. The minimum atomic E-state index is -0.539. The summed E-state index contributed by atoms with van der Waals surface area (Å²) in [4.78, 5) is 2.41. The molecule has 0 aliphatic carbocycles. The highest BCUT2D eigenvalue weighted by Crippen LogP contribution is 2.27.